The van der Waals surface area contributed by atoms with E-state index >= 15 is 0 Å². The molecule has 0 aromatic carbocycles. The predicted molar refractivity (Wildman–Crippen MR) is 74.6 cm³/mol. The Bertz CT molecular complexity index is 712. The van der Waals surface area contributed by atoms with Crippen LogP contribution in [-0.2, 0) is 4.79 Å². The molecule has 0 aliphatic carbocycles. The first-order chi connectivity index (χ1) is 10.3. The molecule has 0 atom stereocenters. The summed E-state index contributed by atoms with van der Waals surface area (Å²) in [5, 5.41) is 7.48. The fourth-order valence-electron chi connectivity index (χ4n) is 2.17. The summed E-state index contributed by atoms with van der Waals surface area (Å²) in [5.41, 5.74) is 0.0708. The molecule has 0 N–H and O–H groups in total. The SMILES string of the molecule is O=C(C=Cn1nnn(-c2cccnc2)c1=O)N1CCCC1. The first-order valence-electron chi connectivity index (χ1n) is 6.68. The van der Waals surface area contributed by atoms with Gasteiger partial charge in [0, 0.05) is 31.6 Å². The number of pyridine rings is 1. The molecule has 8 heteroatoms. The van der Waals surface area contributed by atoms with E-state index in [1.807, 2.05) is 0 Å². The first kappa shape index (κ1) is 13.2. The largest absolute Gasteiger partial charge is 0.372 e. The maximum Gasteiger partial charge on any atom is 0.372 e. The van der Waals surface area contributed by atoms with Crippen molar-refractivity contribution in [2.24, 2.45) is 0 Å². The summed E-state index contributed by atoms with van der Waals surface area (Å²) in [6.07, 6.45) is 7.85. The van der Waals surface area contributed by atoms with E-state index < -0.39 is 5.69 Å². The van der Waals surface area contributed by atoms with E-state index in [1.165, 1.54) is 18.5 Å². The van der Waals surface area contributed by atoms with Crippen molar-refractivity contribution in [2.75, 3.05) is 13.1 Å². The van der Waals surface area contributed by atoms with Crippen molar-refractivity contribution in [2.45, 2.75) is 12.8 Å². The number of carbonyl (C=O) groups is 1. The Morgan fingerprint density at radius 1 is 1.24 bits per heavy atom. The third-order valence-electron chi connectivity index (χ3n) is 3.27. The molecule has 0 saturated carbocycles. The van der Waals surface area contributed by atoms with Crippen LogP contribution in [0.4, 0.5) is 0 Å². The van der Waals surface area contributed by atoms with Gasteiger partial charge in [-0.1, -0.05) is 0 Å². The molecule has 21 heavy (non-hydrogen) atoms. The molecule has 2 aromatic heterocycles. The van der Waals surface area contributed by atoms with Gasteiger partial charge in [0.1, 0.15) is 0 Å². The van der Waals surface area contributed by atoms with Crippen LogP contribution in [0.2, 0.25) is 0 Å². The second-order valence-corrected chi connectivity index (χ2v) is 4.68. The number of hydrogen-bond acceptors (Lipinski definition) is 5. The van der Waals surface area contributed by atoms with Crippen molar-refractivity contribution in [3.05, 3.63) is 41.1 Å². The molecule has 108 valence electrons. The van der Waals surface area contributed by atoms with Crippen LogP contribution >= 0.6 is 0 Å². The van der Waals surface area contributed by atoms with Crippen molar-refractivity contribution in [1.82, 2.24) is 29.7 Å². The molecule has 1 saturated heterocycles. The average molecular weight is 286 g/mol. The summed E-state index contributed by atoms with van der Waals surface area (Å²) >= 11 is 0. The summed E-state index contributed by atoms with van der Waals surface area (Å²) in [5.74, 6) is -0.115. The van der Waals surface area contributed by atoms with Gasteiger partial charge in [-0.25, -0.2) is 4.79 Å². The van der Waals surface area contributed by atoms with Crippen molar-refractivity contribution >= 4 is 12.1 Å². The number of nitrogens with zero attached hydrogens (tertiary/aromatic N) is 6. The highest BCUT2D eigenvalue weighted by molar-refractivity contribution is 5.90. The van der Waals surface area contributed by atoms with Crippen LogP contribution in [0.5, 0.6) is 0 Å². The van der Waals surface area contributed by atoms with E-state index in [-0.39, 0.29) is 5.91 Å². The van der Waals surface area contributed by atoms with Crippen LogP contribution in [0.3, 0.4) is 0 Å². The van der Waals surface area contributed by atoms with Crippen LogP contribution in [-0.4, -0.2) is 48.7 Å². The zero-order chi connectivity index (χ0) is 14.7. The molecule has 1 aliphatic rings. The van der Waals surface area contributed by atoms with Gasteiger partial charge in [-0.3, -0.25) is 9.78 Å². The number of likely N-dealkylation sites (tertiary alicyclic amines) is 1. The zero-order valence-electron chi connectivity index (χ0n) is 11.3. The minimum Gasteiger partial charge on any atom is -0.339 e. The Morgan fingerprint density at radius 3 is 2.76 bits per heavy atom. The Hall–Kier alpha value is -2.77. The van der Waals surface area contributed by atoms with Gasteiger partial charge >= 0.3 is 5.69 Å². The van der Waals surface area contributed by atoms with Gasteiger partial charge in [0.05, 0.1) is 11.9 Å². The van der Waals surface area contributed by atoms with Gasteiger partial charge in [0.2, 0.25) is 5.91 Å². The lowest BCUT2D eigenvalue weighted by atomic mass is 10.4. The molecule has 3 rings (SSSR count). The van der Waals surface area contributed by atoms with E-state index in [1.54, 1.807) is 23.2 Å². The Morgan fingerprint density at radius 2 is 2.05 bits per heavy atom. The van der Waals surface area contributed by atoms with Crippen molar-refractivity contribution in [3.8, 4) is 5.69 Å². The number of carbonyl (C=O) groups excluding carboxylic acids is 1. The molecular weight excluding hydrogens is 272 g/mol. The summed E-state index contributed by atoms with van der Waals surface area (Å²) in [7, 11) is 0. The summed E-state index contributed by atoms with van der Waals surface area (Å²) in [6, 6.07) is 3.40. The molecule has 3 heterocycles. The van der Waals surface area contributed by atoms with Gasteiger partial charge < -0.3 is 4.90 Å². The first-order valence-corrected chi connectivity index (χ1v) is 6.68. The Balaban J connectivity index is 1.80. The Kier molecular flexibility index (Phi) is 3.59. The highest BCUT2D eigenvalue weighted by Crippen LogP contribution is 2.07. The van der Waals surface area contributed by atoms with E-state index in [4.69, 9.17) is 0 Å². The lowest BCUT2D eigenvalue weighted by Crippen LogP contribution is -2.26. The van der Waals surface area contributed by atoms with Crippen molar-refractivity contribution in [1.29, 1.82) is 0 Å². The highest BCUT2D eigenvalue weighted by Gasteiger charge is 2.15. The summed E-state index contributed by atoms with van der Waals surface area (Å²) in [4.78, 5) is 29.6. The van der Waals surface area contributed by atoms with Gasteiger partial charge in [-0.05, 0) is 35.4 Å². The molecule has 0 spiro atoms. The molecule has 2 aromatic rings. The quantitative estimate of drug-likeness (QED) is 0.736. The van der Waals surface area contributed by atoms with Gasteiger partial charge in [-0.2, -0.15) is 9.36 Å². The molecule has 1 fully saturated rings. The fraction of sp³-hybridized carbons (Fsp3) is 0.308. The van der Waals surface area contributed by atoms with Gasteiger partial charge in [-0.15, -0.1) is 0 Å². The van der Waals surface area contributed by atoms with E-state index in [0.717, 1.165) is 35.3 Å². The topological polar surface area (TPSA) is 85.9 Å². The van der Waals surface area contributed by atoms with E-state index in [9.17, 15) is 9.59 Å². The maximum atomic E-state index is 12.1. The number of tetrazole rings is 1. The third kappa shape index (κ3) is 2.73. The molecule has 0 unspecified atom stereocenters. The van der Waals surface area contributed by atoms with E-state index in [0.29, 0.717) is 5.69 Å². The monoisotopic (exact) mass is 286 g/mol. The van der Waals surface area contributed by atoms with Crippen LogP contribution < -0.4 is 5.69 Å². The van der Waals surface area contributed by atoms with Crippen LogP contribution in [0, 0.1) is 0 Å². The number of rotatable bonds is 3. The number of amides is 1. The minimum absolute atomic E-state index is 0.115. The third-order valence-corrected chi connectivity index (χ3v) is 3.27. The molecule has 0 radical (unpaired) electrons. The Labute approximate surface area is 120 Å². The van der Waals surface area contributed by atoms with Crippen molar-refractivity contribution < 1.29 is 4.79 Å². The fourth-order valence-corrected chi connectivity index (χ4v) is 2.17. The van der Waals surface area contributed by atoms with Crippen molar-refractivity contribution in [3.63, 3.8) is 0 Å². The smallest absolute Gasteiger partial charge is 0.339 e. The number of aromatic nitrogens is 5. The lowest BCUT2D eigenvalue weighted by molar-refractivity contribution is -0.124. The maximum absolute atomic E-state index is 12.1. The molecule has 8 nitrogen and oxygen atoms in total. The predicted octanol–water partition coefficient (Wildman–Crippen LogP) is -0.0829. The van der Waals surface area contributed by atoms with Crippen LogP contribution in [0.1, 0.15) is 12.8 Å². The second-order valence-electron chi connectivity index (χ2n) is 4.68. The van der Waals surface area contributed by atoms with Crippen LogP contribution in [0.15, 0.2) is 35.4 Å². The highest BCUT2D eigenvalue weighted by atomic mass is 16.2. The molecular formula is C13H14N6O2. The van der Waals surface area contributed by atoms with E-state index in [2.05, 4.69) is 15.4 Å². The van der Waals surface area contributed by atoms with Crippen LogP contribution in [0.25, 0.3) is 11.9 Å². The average Bonchev–Trinajstić information content (AvgIpc) is 3.16. The molecule has 0 bridgehead atoms. The summed E-state index contributed by atoms with van der Waals surface area (Å²) < 4.78 is 2.15. The zero-order valence-corrected chi connectivity index (χ0v) is 11.3. The molecule has 1 aliphatic heterocycles. The minimum atomic E-state index is -0.450. The normalized spacial score (nSPS) is 15.0. The second kappa shape index (κ2) is 5.70. The van der Waals surface area contributed by atoms with Gasteiger partial charge in [0.25, 0.3) is 0 Å². The standard InChI is InChI=1S/C13H14N6O2/c20-12(17-7-1-2-8-17)5-9-18-13(21)19(16-15-18)11-4-3-6-14-10-11/h3-6,9-10H,1-2,7-8H2. The summed E-state index contributed by atoms with van der Waals surface area (Å²) in [6.45, 7) is 1.53. The van der Waals surface area contributed by atoms with Gasteiger partial charge in [0.15, 0.2) is 0 Å². The molecule has 1 amide bonds. The lowest BCUT2D eigenvalue weighted by Gasteiger charge is -2.11. The number of hydrogen-bond donors (Lipinski definition) is 0.